The molecule has 4 heteroatoms. The summed E-state index contributed by atoms with van der Waals surface area (Å²) < 4.78 is 0. The molecule has 2 rings (SSSR count). The first-order chi connectivity index (χ1) is 14.1. The summed E-state index contributed by atoms with van der Waals surface area (Å²) in [4.78, 5) is 23.3. The Hall–Kier alpha value is -1.84. The van der Waals surface area contributed by atoms with Crippen LogP contribution >= 0.6 is 0 Å². The second-order valence-electron chi connectivity index (χ2n) is 8.68. The molecule has 1 aromatic carbocycles. The van der Waals surface area contributed by atoms with Crippen LogP contribution < -0.4 is 5.32 Å². The van der Waals surface area contributed by atoms with Crippen LogP contribution in [0.2, 0.25) is 0 Å². The second kappa shape index (κ2) is 14.2. The van der Waals surface area contributed by atoms with Crippen LogP contribution in [-0.2, 0) is 16.0 Å². The first-order valence-electron chi connectivity index (χ1n) is 11.7. The maximum atomic E-state index is 12.3. The van der Waals surface area contributed by atoms with Crippen molar-refractivity contribution < 1.29 is 14.7 Å². The third-order valence-corrected chi connectivity index (χ3v) is 6.18. The molecule has 1 aliphatic rings. The standard InChI is InChI=1S/C25H39NO3/c27-24(16-10-2-1-5-11-21-12-6-3-7-13-21)26-23(19-20-25(28)29)18-17-22-14-8-4-9-15-22/h3,6-7,12-13,22-23H,1-2,4-5,8-11,14-20H2,(H,26,27)(H,28,29). The van der Waals surface area contributed by atoms with Gasteiger partial charge in [0.1, 0.15) is 0 Å². The van der Waals surface area contributed by atoms with E-state index in [2.05, 4.69) is 29.6 Å². The maximum Gasteiger partial charge on any atom is 0.303 e. The Balaban J connectivity index is 1.60. The van der Waals surface area contributed by atoms with Crippen LogP contribution in [0.15, 0.2) is 30.3 Å². The van der Waals surface area contributed by atoms with Crippen LogP contribution in [0.3, 0.4) is 0 Å². The molecule has 0 aliphatic heterocycles. The van der Waals surface area contributed by atoms with E-state index in [0.29, 0.717) is 12.8 Å². The summed E-state index contributed by atoms with van der Waals surface area (Å²) in [6, 6.07) is 10.5. The average Bonchev–Trinajstić information content (AvgIpc) is 2.74. The van der Waals surface area contributed by atoms with Crippen LogP contribution in [0.25, 0.3) is 0 Å². The summed E-state index contributed by atoms with van der Waals surface area (Å²) in [5.74, 6) is 0.0741. The molecule has 4 nitrogen and oxygen atoms in total. The third kappa shape index (κ3) is 11.1. The van der Waals surface area contributed by atoms with Gasteiger partial charge < -0.3 is 10.4 Å². The summed E-state index contributed by atoms with van der Waals surface area (Å²) in [6.45, 7) is 0. The Morgan fingerprint density at radius 1 is 0.931 bits per heavy atom. The number of carboxylic acid groups (broad SMARTS) is 1. The fourth-order valence-corrected chi connectivity index (χ4v) is 4.41. The monoisotopic (exact) mass is 401 g/mol. The van der Waals surface area contributed by atoms with Crippen LogP contribution in [0.4, 0.5) is 0 Å². The smallest absolute Gasteiger partial charge is 0.303 e. The van der Waals surface area contributed by atoms with Gasteiger partial charge in [0, 0.05) is 18.9 Å². The summed E-state index contributed by atoms with van der Waals surface area (Å²) in [7, 11) is 0. The topological polar surface area (TPSA) is 66.4 Å². The van der Waals surface area contributed by atoms with E-state index in [-0.39, 0.29) is 18.4 Å². The van der Waals surface area contributed by atoms with Crippen molar-refractivity contribution in [3.63, 3.8) is 0 Å². The highest BCUT2D eigenvalue weighted by Crippen LogP contribution is 2.28. The van der Waals surface area contributed by atoms with Gasteiger partial charge in [0.2, 0.25) is 5.91 Å². The Labute approximate surface area is 176 Å². The lowest BCUT2D eigenvalue weighted by molar-refractivity contribution is -0.137. The highest BCUT2D eigenvalue weighted by Gasteiger charge is 2.18. The summed E-state index contributed by atoms with van der Waals surface area (Å²) in [5, 5.41) is 12.1. The number of aryl methyl sites for hydroxylation is 1. The molecule has 0 aromatic heterocycles. The molecule has 0 saturated heterocycles. The average molecular weight is 402 g/mol. The number of carbonyl (C=O) groups excluding carboxylic acids is 1. The molecule has 1 aliphatic carbocycles. The molecular weight excluding hydrogens is 362 g/mol. The summed E-state index contributed by atoms with van der Waals surface area (Å²) >= 11 is 0. The largest absolute Gasteiger partial charge is 0.481 e. The molecule has 1 unspecified atom stereocenters. The first-order valence-corrected chi connectivity index (χ1v) is 11.7. The maximum absolute atomic E-state index is 12.3. The van der Waals surface area contributed by atoms with Gasteiger partial charge >= 0.3 is 5.97 Å². The minimum Gasteiger partial charge on any atom is -0.481 e. The van der Waals surface area contributed by atoms with Crippen molar-refractivity contribution in [1.82, 2.24) is 5.32 Å². The lowest BCUT2D eigenvalue weighted by Crippen LogP contribution is -2.35. The predicted molar refractivity (Wildman–Crippen MR) is 118 cm³/mol. The van der Waals surface area contributed by atoms with Crippen LogP contribution in [-0.4, -0.2) is 23.0 Å². The van der Waals surface area contributed by atoms with Gasteiger partial charge in [0.15, 0.2) is 0 Å². The third-order valence-electron chi connectivity index (χ3n) is 6.18. The van der Waals surface area contributed by atoms with E-state index >= 15 is 0 Å². The predicted octanol–water partition coefficient (Wildman–Crippen LogP) is 5.89. The van der Waals surface area contributed by atoms with Crippen molar-refractivity contribution in [3.05, 3.63) is 35.9 Å². The Morgan fingerprint density at radius 2 is 1.66 bits per heavy atom. The van der Waals surface area contributed by atoms with Crippen LogP contribution in [0, 0.1) is 5.92 Å². The van der Waals surface area contributed by atoms with E-state index in [9.17, 15) is 9.59 Å². The molecule has 162 valence electrons. The Bertz CT molecular complexity index is 581. The number of aliphatic carboxylic acids is 1. The number of amides is 1. The normalized spacial score (nSPS) is 15.7. The Kier molecular flexibility index (Phi) is 11.5. The molecule has 1 fully saturated rings. The van der Waals surface area contributed by atoms with Gasteiger partial charge in [-0.15, -0.1) is 0 Å². The molecule has 0 spiro atoms. The van der Waals surface area contributed by atoms with Gasteiger partial charge in [-0.25, -0.2) is 0 Å². The SMILES string of the molecule is O=C(O)CCC(CCC1CCCCC1)NC(=O)CCCCCCc1ccccc1. The summed E-state index contributed by atoms with van der Waals surface area (Å²) in [6.07, 6.45) is 15.2. The highest BCUT2D eigenvalue weighted by molar-refractivity contribution is 5.76. The zero-order valence-corrected chi connectivity index (χ0v) is 17.9. The lowest BCUT2D eigenvalue weighted by atomic mass is 9.85. The van der Waals surface area contributed by atoms with Gasteiger partial charge in [0.05, 0.1) is 0 Å². The molecule has 1 saturated carbocycles. The molecule has 1 aromatic rings. The molecule has 29 heavy (non-hydrogen) atoms. The number of nitrogens with one attached hydrogen (secondary N) is 1. The number of carboxylic acids is 1. The molecule has 0 radical (unpaired) electrons. The van der Waals surface area contributed by atoms with Gasteiger partial charge in [-0.1, -0.05) is 75.3 Å². The number of carbonyl (C=O) groups is 2. The first kappa shape index (κ1) is 23.4. The fourth-order valence-electron chi connectivity index (χ4n) is 4.41. The highest BCUT2D eigenvalue weighted by atomic mass is 16.4. The van der Waals surface area contributed by atoms with Crippen LogP contribution in [0.1, 0.15) is 95.5 Å². The molecule has 0 bridgehead atoms. The fraction of sp³-hybridized carbons (Fsp3) is 0.680. The van der Waals surface area contributed by atoms with Crippen molar-refractivity contribution in [2.45, 2.75) is 102 Å². The minimum absolute atomic E-state index is 0.0126. The quantitative estimate of drug-likeness (QED) is 0.382. The number of hydrogen-bond acceptors (Lipinski definition) is 2. The number of benzene rings is 1. The van der Waals surface area contributed by atoms with Gasteiger partial charge in [-0.3, -0.25) is 9.59 Å². The van der Waals surface area contributed by atoms with E-state index in [1.54, 1.807) is 0 Å². The van der Waals surface area contributed by atoms with Crippen LogP contribution in [0.5, 0.6) is 0 Å². The van der Waals surface area contributed by atoms with Crippen molar-refractivity contribution in [3.8, 4) is 0 Å². The number of rotatable bonds is 14. The van der Waals surface area contributed by atoms with Gasteiger partial charge in [0.25, 0.3) is 0 Å². The van der Waals surface area contributed by atoms with E-state index in [1.807, 2.05) is 6.07 Å². The minimum atomic E-state index is -0.777. The molecular formula is C25H39NO3. The lowest BCUT2D eigenvalue weighted by Gasteiger charge is -2.24. The zero-order valence-electron chi connectivity index (χ0n) is 17.9. The number of hydrogen-bond donors (Lipinski definition) is 2. The van der Waals surface area contributed by atoms with E-state index in [1.165, 1.54) is 37.7 Å². The van der Waals surface area contributed by atoms with Crippen molar-refractivity contribution in [2.24, 2.45) is 5.92 Å². The van der Waals surface area contributed by atoms with Crippen molar-refractivity contribution >= 4 is 11.9 Å². The summed E-state index contributed by atoms with van der Waals surface area (Å²) in [5.41, 5.74) is 1.38. The molecule has 0 heterocycles. The van der Waals surface area contributed by atoms with Crippen molar-refractivity contribution in [2.75, 3.05) is 0 Å². The molecule has 2 N–H and O–H groups in total. The van der Waals surface area contributed by atoms with Gasteiger partial charge in [-0.2, -0.15) is 0 Å². The number of unbranched alkanes of at least 4 members (excludes halogenated alkanes) is 3. The van der Waals surface area contributed by atoms with E-state index in [4.69, 9.17) is 5.11 Å². The molecule has 1 atom stereocenters. The molecule has 1 amide bonds. The Morgan fingerprint density at radius 3 is 2.38 bits per heavy atom. The van der Waals surface area contributed by atoms with Crippen molar-refractivity contribution in [1.29, 1.82) is 0 Å². The zero-order chi connectivity index (χ0) is 20.7. The second-order valence-corrected chi connectivity index (χ2v) is 8.68. The van der Waals surface area contributed by atoms with E-state index in [0.717, 1.165) is 50.9 Å². The van der Waals surface area contributed by atoms with E-state index < -0.39 is 5.97 Å². The van der Waals surface area contributed by atoms with Gasteiger partial charge in [-0.05, 0) is 50.0 Å².